The number of benzene rings is 1. The van der Waals surface area contributed by atoms with Crippen molar-refractivity contribution in [2.45, 2.75) is 13.0 Å². The molecule has 3 heterocycles. The quantitative estimate of drug-likeness (QED) is 0.689. The highest BCUT2D eigenvalue weighted by Crippen LogP contribution is 2.21. The number of para-hydroxylation sites is 1. The molecule has 0 spiro atoms. The number of hydrogen-bond acceptors (Lipinski definition) is 6. The first kappa shape index (κ1) is 19.1. The van der Waals surface area contributed by atoms with Crippen LogP contribution in [0.1, 0.15) is 18.5 Å². The predicted molar refractivity (Wildman–Crippen MR) is 111 cm³/mol. The standard InChI is InChI=1S/C21H25N7O/c1-17(18-6-2-3-7-19(18)28-11-5-10-24-28)25-20(29)16-26-12-14-27(15-13-26)21-22-8-4-9-23-21/h2-11,17H,12-16H2,1H3,(H,25,29)/t17-/m1/s1. The Balaban J connectivity index is 1.32. The predicted octanol–water partition coefficient (Wildman–Crippen LogP) is 1.66. The van der Waals surface area contributed by atoms with Crippen molar-refractivity contribution in [3.8, 4) is 5.69 Å². The van der Waals surface area contributed by atoms with Crippen molar-refractivity contribution < 1.29 is 4.79 Å². The summed E-state index contributed by atoms with van der Waals surface area (Å²) in [5.41, 5.74) is 2.01. The Kier molecular flexibility index (Phi) is 5.81. The summed E-state index contributed by atoms with van der Waals surface area (Å²) in [5.74, 6) is 0.776. The van der Waals surface area contributed by atoms with Gasteiger partial charge in [0.15, 0.2) is 0 Å². The highest BCUT2D eigenvalue weighted by molar-refractivity contribution is 5.78. The van der Waals surface area contributed by atoms with Crippen molar-refractivity contribution in [2.75, 3.05) is 37.6 Å². The van der Waals surface area contributed by atoms with Gasteiger partial charge < -0.3 is 10.2 Å². The number of amides is 1. The summed E-state index contributed by atoms with van der Waals surface area (Å²) >= 11 is 0. The van der Waals surface area contributed by atoms with Crippen molar-refractivity contribution in [3.63, 3.8) is 0 Å². The molecule has 0 unspecified atom stereocenters. The number of aromatic nitrogens is 4. The minimum absolute atomic E-state index is 0.0252. The Labute approximate surface area is 170 Å². The molecule has 3 aromatic rings. The van der Waals surface area contributed by atoms with E-state index < -0.39 is 0 Å². The molecule has 1 aromatic carbocycles. The first-order chi connectivity index (χ1) is 14.2. The fraction of sp³-hybridized carbons (Fsp3) is 0.333. The lowest BCUT2D eigenvalue weighted by Gasteiger charge is -2.34. The van der Waals surface area contributed by atoms with Gasteiger partial charge in [-0.1, -0.05) is 18.2 Å². The highest BCUT2D eigenvalue weighted by Gasteiger charge is 2.21. The van der Waals surface area contributed by atoms with Crippen molar-refractivity contribution in [3.05, 3.63) is 66.7 Å². The maximum absolute atomic E-state index is 12.6. The molecule has 4 rings (SSSR count). The molecule has 1 fully saturated rings. The molecule has 1 amide bonds. The highest BCUT2D eigenvalue weighted by atomic mass is 16.2. The van der Waals surface area contributed by atoms with Gasteiger partial charge in [-0.15, -0.1) is 0 Å². The fourth-order valence-corrected chi connectivity index (χ4v) is 3.60. The zero-order valence-corrected chi connectivity index (χ0v) is 16.5. The summed E-state index contributed by atoms with van der Waals surface area (Å²) in [6.45, 7) is 5.64. The van der Waals surface area contributed by atoms with E-state index in [1.807, 2.05) is 54.2 Å². The van der Waals surface area contributed by atoms with Crippen LogP contribution in [0.3, 0.4) is 0 Å². The Bertz CT molecular complexity index is 921. The molecule has 8 nitrogen and oxygen atoms in total. The van der Waals surface area contributed by atoms with Crippen molar-refractivity contribution in [1.29, 1.82) is 0 Å². The molecular formula is C21H25N7O. The SMILES string of the molecule is C[C@@H](NC(=O)CN1CCN(c2ncccn2)CC1)c1ccccc1-n1cccn1. The van der Waals surface area contributed by atoms with E-state index in [0.717, 1.165) is 43.4 Å². The van der Waals surface area contributed by atoms with Gasteiger partial charge in [-0.3, -0.25) is 9.69 Å². The number of piperazine rings is 1. The van der Waals surface area contributed by atoms with Crippen LogP contribution >= 0.6 is 0 Å². The Morgan fingerprint density at radius 1 is 1.03 bits per heavy atom. The summed E-state index contributed by atoms with van der Waals surface area (Å²) in [6.07, 6.45) is 7.17. The molecule has 1 saturated heterocycles. The van der Waals surface area contributed by atoms with Crippen molar-refractivity contribution in [2.24, 2.45) is 0 Å². The second-order valence-electron chi connectivity index (χ2n) is 7.11. The molecule has 150 valence electrons. The Morgan fingerprint density at radius 2 is 1.79 bits per heavy atom. The van der Waals surface area contributed by atoms with Crippen LogP contribution in [0.4, 0.5) is 5.95 Å². The number of anilines is 1. The Hall–Kier alpha value is -3.26. The zero-order chi connectivity index (χ0) is 20.1. The normalized spacial score (nSPS) is 15.8. The average molecular weight is 391 g/mol. The van der Waals surface area contributed by atoms with Crippen LogP contribution in [-0.2, 0) is 4.79 Å². The van der Waals surface area contributed by atoms with E-state index in [4.69, 9.17) is 0 Å². The first-order valence-corrected chi connectivity index (χ1v) is 9.83. The van der Waals surface area contributed by atoms with Crippen LogP contribution in [-0.4, -0.2) is 63.3 Å². The minimum Gasteiger partial charge on any atom is -0.348 e. The molecule has 0 aliphatic carbocycles. The number of nitrogens with zero attached hydrogens (tertiary/aromatic N) is 6. The van der Waals surface area contributed by atoms with E-state index in [2.05, 4.69) is 30.2 Å². The van der Waals surface area contributed by atoms with Gasteiger partial charge in [0.2, 0.25) is 11.9 Å². The van der Waals surface area contributed by atoms with E-state index in [0.29, 0.717) is 6.54 Å². The molecule has 1 aliphatic rings. The van der Waals surface area contributed by atoms with E-state index in [9.17, 15) is 4.79 Å². The van der Waals surface area contributed by atoms with Gasteiger partial charge in [0.25, 0.3) is 0 Å². The van der Waals surface area contributed by atoms with Gasteiger partial charge in [0, 0.05) is 51.0 Å². The van der Waals surface area contributed by atoms with Crippen LogP contribution < -0.4 is 10.2 Å². The maximum atomic E-state index is 12.6. The van der Waals surface area contributed by atoms with E-state index in [1.165, 1.54) is 0 Å². The van der Waals surface area contributed by atoms with E-state index in [-0.39, 0.29) is 11.9 Å². The third kappa shape index (κ3) is 4.60. The molecule has 0 bridgehead atoms. The molecule has 2 aromatic heterocycles. The van der Waals surface area contributed by atoms with Gasteiger partial charge >= 0.3 is 0 Å². The summed E-state index contributed by atoms with van der Waals surface area (Å²) in [4.78, 5) is 25.5. The molecule has 0 saturated carbocycles. The third-order valence-corrected chi connectivity index (χ3v) is 5.11. The zero-order valence-electron chi connectivity index (χ0n) is 16.5. The third-order valence-electron chi connectivity index (χ3n) is 5.11. The second kappa shape index (κ2) is 8.83. The number of hydrogen-bond donors (Lipinski definition) is 1. The summed E-state index contributed by atoms with van der Waals surface area (Å²) in [7, 11) is 0. The molecule has 0 radical (unpaired) electrons. The lowest BCUT2D eigenvalue weighted by atomic mass is 10.1. The van der Waals surface area contributed by atoms with Crippen molar-refractivity contribution >= 4 is 11.9 Å². The lowest BCUT2D eigenvalue weighted by molar-refractivity contribution is -0.123. The van der Waals surface area contributed by atoms with Crippen LogP contribution in [0.5, 0.6) is 0 Å². The molecule has 8 heteroatoms. The van der Waals surface area contributed by atoms with E-state index in [1.54, 1.807) is 18.6 Å². The topological polar surface area (TPSA) is 79.2 Å². The van der Waals surface area contributed by atoms with Gasteiger partial charge in [0.1, 0.15) is 0 Å². The number of carbonyl (C=O) groups excluding carboxylic acids is 1. The number of carbonyl (C=O) groups is 1. The number of nitrogens with one attached hydrogen (secondary N) is 1. The van der Waals surface area contributed by atoms with Crippen molar-refractivity contribution in [1.82, 2.24) is 30.0 Å². The van der Waals surface area contributed by atoms with Gasteiger partial charge in [-0.2, -0.15) is 5.10 Å². The van der Waals surface area contributed by atoms with Gasteiger partial charge in [-0.25, -0.2) is 14.6 Å². The molecule has 1 atom stereocenters. The van der Waals surface area contributed by atoms with Gasteiger partial charge in [-0.05, 0) is 30.7 Å². The van der Waals surface area contributed by atoms with Crippen LogP contribution in [0.25, 0.3) is 5.69 Å². The summed E-state index contributed by atoms with van der Waals surface area (Å²) in [5, 5.41) is 7.44. The minimum atomic E-state index is -0.109. The van der Waals surface area contributed by atoms with E-state index >= 15 is 0 Å². The molecule has 1 N–H and O–H groups in total. The smallest absolute Gasteiger partial charge is 0.234 e. The fourth-order valence-electron chi connectivity index (χ4n) is 3.60. The van der Waals surface area contributed by atoms with Crippen LogP contribution in [0.15, 0.2) is 61.2 Å². The molecule has 1 aliphatic heterocycles. The maximum Gasteiger partial charge on any atom is 0.234 e. The van der Waals surface area contributed by atoms with Gasteiger partial charge in [0.05, 0.1) is 18.3 Å². The number of rotatable bonds is 6. The average Bonchev–Trinajstić information content (AvgIpc) is 3.29. The Morgan fingerprint density at radius 3 is 2.52 bits per heavy atom. The monoisotopic (exact) mass is 391 g/mol. The molecule has 29 heavy (non-hydrogen) atoms. The second-order valence-corrected chi connectivity index (χ2v) is 7.11. The largest absolute Gasteiger partial charge is 0.348 e. The summed E-state index contributed by atoms with van der Waals surface area (Å²) in [6, 6.07) is 11.6. The molecular weight excluding hydrogens is 366 g/mol. The summed E-state index contributed by atoms with van der Waals surface area (Å²) < 4.78 is 1.82. The lowest BCUT2D eigenvalue weighted by Crippen LogP contribution is -2.50. The van der Waals surface area contributed by atoms with Crippen LogP contribution in [0, 0.1) is 0 Å². The van der Waals surface area contributed by atoms with Crippen LogP contribution in [0.2, 0.25) is 0 Å². The first-order valence-electron chi connectivity index (χ1n) is 9.83.